The molecule has 0 amide bonds. The fraction of sp³-hybridized carbons (Fsp3) is 0.667. The molecule has 0 radical (unpaired) electrons. The van der Waals surface area contributed by atoms with Gasteiger partial charge in [0.05, 0.1) is 16.0 Å². The highest BCUT2D eigenvalue weighted by Gasteiger charge is 2.56. The average molecular weight is 364 g/mol. The lowest BCUT2D eigenvalue weighted by atomic mass is 9.55. The van der Waals surface area contributed by atoms with Crippen LogP contribution >= 0.6 is 0 Å². The van der Waals surface area contributed by atoms with Crippen molar-refractivity contribution in [3.8, 4) is 0 Å². The molecular weight excluding hydrogens is 343 g/mol. The number of benzene rings is 1. The molecule has 2 fully saturated rings. The minimum atomic E-state index is -1.33. The highest BCUT2D eigenvalue weighted by molar-refractivity contribution is 5.58. The zero-order valence-corrected chi connectivity index (χ0v) is 14.5. The van der Waals surface area contributed by atoms with Gasteiger partial charge in [0.1, 0.15) is 0 Å². The molecule has 0 aliphatic heterocycles. The Morgan fingerprint density at radius 3 is 2.58 bits per heavy atom. The molecule has 4 rings (SSSR count). The molecule has 0 spiro atoms. The molecule has 3 aliphatic rings. The molecular formula is C18H21FN2O5. The maximum atomic E-state index is 14.6. The maximum absolute atomic E-state index is 14.6. The van der Waals surface area contributed by atoms with Crippen LogP contribution in [-0.2, 0) is 6.42 Å². The van der Waals surface area contributed by atoms with E-state index >= 15 is 0 Å². The third-order valence-corrected chi connectivity index (χ3v) is 7.23. The molecule has 0 saturated heterocycles. The van der Waals surface area contributed by atoms with Crippen molar-refractivity contribution >= 4 is 11.4 Å². The molecule has 0 aromatic heterocycles. The molecule has 3 unspecified atom stereocenters. The highest BCUT2D eigenvalue weighted by Crippen LogP contribution is 2.62. The minimum Gasteiger partial charge on any atom is -0.393 e. The molecule has 0 heterocycles. The zero-order chi connectivity index (χ0) is 18.8. The Hall–Kier alpha value is -2.09. The second kappa shape index (κ2) is 5.70. The fourth-order valence-electron chi connectivity index (χ4n) is 5.97. The van der Waals surface area contributed by atoms with E-state index < -0.39 is 27.0 Å². The van der Waals surface area contributed by atoms with Gasteiger partial charge in [-0.2, -0.15) is 4.39 Å². The summed E-state index contributed by atoms with van der Waals surface area (Å²) in [5.74, 6) is -1.10. The van der Waals surface area contributed by atoms with E-state index in [0.29, 0.717) is 24.0 Å². The van der Waals surface area contributed by atoms with Gasteiger partial charge >= 0.3 is 11.4 Å². The number of nitrogens with zero attached hydrogens (tertiary/aromatic N) is 2. The van der Waals surface area contributed by atoms with Crippen LogP contribution in [0.1, 0.15) is 56.1 Å². The zero-order valence-electron chi connectivity index (χ0n) is 14.5. The van der Waals surface area contributed by atoms with E-state index in [1.54, 1.807) is 0 Å². The van der Waals surface area contributed by atoms with E-state index in [0.717, 1.165) is 25.7 Å². The number of halogens is 1. The summed E-state index contributed by atoms with van der Waals surface area (Å²) in [5.41, 5.74) is -0.824. The van der Waals surface area contributed by atoms with Gasteiger partial charge in [-0.3, -0.25) is 20.2 Å². The van der Waals surface area contributed by atoms with Gasteiger partial charge in [-0.15, -0.1) is 0 Å². The molecule has 8 heteroatoms. The van der Waals surface area contributed by atoms with E-state index in [9.17, 15) is 29.7 Å². The second-order valence-electron chi connectivity index (χ2n) is 8.20. The van der Waals surface area contributed by atoms with E-state index in [2.05, 4.69) is 6.92 Å². The lowest BCUT2D eigenvalue weighted by molar-refractivity contribution is -0.400. The Labute approximate surface area is 149 Å². The molecule has 3 aliphatic carbocycles. The monoisotopic (exact) mass is 364 g/mol. The molecule has 1 aromatic carbocycles. The predicted molar refractivity (Wildman–Crippen MR) is 90.3 cm³/mol. The lowest BCUT2D eigenvalue weighted by Gasteiger charge is -2.49. The Morgan fingerprint density at radius 1 is 1.19 bits per heavy atom. The molecule has 1 aromatic rings. The van der Waals surface area contributed by atoms with Crippen LogP contribution in [0.15, 0.2) is 6.07 Å². The average Bonchev–Trinajstić information content (AvgIpc) is 2.88. The topological polar surface area (TPSA) is 107 Å². The number of nitro groups is 2. The fourth-order valence-corrected chi connectivity index (χ4v) is 5.97. The van der Waals surface area contributed by atoms with Crippen LogP contribution in [0.2, 0.25) is 0 Å². The number of aliphatic hydroxyl groups excluding tert-OH is 1. The molecule has 140 valence electrons. The van der Waals surface area contributed by atoms with Gasteiger partial charge in [0.25, 0.3) is 5.82 Å². The van der Waals surface area contributed by atoms with Gasteiger partial charge < -0.3 is 5.11 Å². The number of hydrogen-bond acceptors (Lipinski definition) is 5. The Kier molecular flexibility index (Phi) is 3.80. The van der Waals surface area contributed by atoms with Crippen LogP contribution in [-0.4, -0.2) is 21.1 Å². The number of nitro benzene ring substituents is 2. The SMILES string of the molecule is C[C@]12CCC3c4c(cc([N+](=O)[O-])c(F)c4[N+](=O)[O-])CCC3C1CC[C@@H]2O. The number of fused-ring (bicyclic) bond motifs is 5. The standard InChI is InChI=1S/C18H21FN2O5/c1-18-7-6-11-10(12(18)4-5-14(18)22)3-2-9-8-13(20(23)24)16(19)17(15(9)11)21(25)26/h8,10-12,14,22H,2-7H2,1H3/t10?,11?,12?,14-,18-/m0/s1. The van der Waals surface area contributed by atoms with Crippen LogP contribution < -0.4 is 0 Å². The summed E-state index contributed by atoms with van der Waals surface area (Å²) in [4.78, 5) is 21.0. The van der Waals surface area contributed by atoms with Crippen molar-refractivity contribution in [2.75, 3.05) is 0 Å². The largest absolute Gasteiger partial charge is 0.393 e. The first-order valence-electron chi connectivity index (χ1n) is 9.07. The first-order chi connectivity index (χ1) is 12.3. The lowest BCUT2D eigenvalue weighted by Crippen LogP contribution is -2.44. The van der Waals surface area contributed by atoms with E-state index in [-0.39, 0.29) is 29.3 Å². The highest BCUT2D eigenvalue weighted by atomic mass is 19.1. The van der Waals surface area contributed by atoms with E-state index in [4.69, 9.17) is 0 Å². The summed E-state index contributed by atoms with van der Waals surface area (Å²) in [6.45, 7) is 2.09. The van der Waals surface area contributed by atoms with Crippen LogP contribution in [0.25, 0.3) is 0 Å². The maximum Gasteiger partial charge on any atom is 0.315 e. The van der Waals surface area contributed by atoms with E-state index in [1.807, 2.05) is 0 Å². The summed E-state index contributed by atoms with van der Waals surface area (Å²) in [7, 11) is 0. The first-order valence-corrected chi connectivity index (χ1v) is 9.07. The minimum absolute atomic E-state index is 0.151. The number of aryl methyl sites for hydroxylation is 1. The molecule has 5 atom stereocenters. The van der Waals surface area contributed by atoms with Gasteiger partial charge in [-0.05, 0) is 67.3 Å². The van der Waals surface area contributed by atoms with Gasteiger partial charge in [-0.1, -0.05) is 6.92 Å². The summed E-state index contributed by atoms with van der Waals surface area (Å²) in [6, 6.07) is 1.19. The van der Waals surface area contributed by atoms with Crippen molar-refractivity contribution in [3.05, 3.63) is 43.2 Å². The summed E-state index contributed by atoms with van der Waals surface area (Å²) >= 11 is 0. The molecule has 26 heavy (non-hydrogen) atoms. The molecule has 2 saturated carbocycles. The number of aliphatic hydroxyl groups is 1. The van der Waals surface area contributed by atoms with Crippen LogP contribution in [0, 0.1) is 43.3 Å². The van der Waals surface area contributed by atoms with Crippen molar-refractivity contribution in [2.45, 2.75) is 57.5 Å². The summed E-state index contributed by atoms with van der Waals surface area (Å²) in [5, 5.41) is 33.1. The van der Waals surface area contributed by atoms with Crippen LogP contribution in [0.4, 0.5) is 15.8 Å². The van der Waals surface area contributed by atoms with Crippen molar-refractivity contribution in [1.29, 1.82) is 0 Å². The Bertz CT molecular complexity index is 813. The van der Waals surface area contributed by atoms with Crippen molar-refractivity contribution in [3.63, 3.8) is 0 Å². The number of hydrogen-bond donors (Lipinski definition) is 1. The first kappa shape index (κ1) is 17.3. The quantitative estimate of drug-likeness (QED) is 0.633. The third-order valence-electron chi connectivity index (χ3n) is 7.23. The van der Waals surface area contributed by atoms with Crippen molar-refractivity contribution in [1.82, 2.24) is 0 Å². The third kappa shape index (κ3) is 2.21. The van der Waals surface area contributed by atoms with Crippen LogP contribution in [0.3, 0.4) is 0 Å². The smallest absolute Gasteiger partial charge is 0.315 e. The van der Waals surface area contributed by atoms with Crippen LogP contribution in [0.5, 0.6) is 0 Å². The van der Waals surface area contributed by atoms with Gasteiger partial charge in [-0.25, -0.2) is 0 Å². The van der Waals surface area contributed by atoms with Gasteiger partial charge in [0, 0.05) is 11.6 Å². The van der Waals surface area contributed by atoms with E-state index in [1.165, 1.54) is 6.07 Å². The van der Waals surface area contributed by atoms with Gasteiger partial charge in [0.2, 0.25) is 0 Å². The number of rotatable bonds is 2. The Morgan fingerprint density at radius 2 is 1.92 bits per heavy atom. The summed E-state index contributed by atoms with van der Waals surface area (Å²) in [6.07, 6.45) is 3.85. The predicted octanol–water partition coefficient (Wildman–Crippen LogP) is 3.86. The second-order valence-corrected chi connectivity index (χ2v) is 8.20. The molecule has 7 nitrogen and oxygen atoms in total. The van der Waals surface area contributed by atoms with Crippen molar-refractivity contribution in [2.24, 2.45) is 17.3 Å². The van der Waals surface area contributed by atoms with Gasteiger partial charge in [0.15, 0.2) is 0 Å². The molecule has 0 bridgehead atoms. The summed E-state index contributed by atoms with van der Waals surface area (Å²) < 4.78 is 14.6. The molecule has 1 N–H and O–H groups in total. The Balaban J connectivity index is 1.85. The van der Waals surface area contributed by atoms with Crippen molar-refractivity contribution < 1.29 is 19.3 Å². The normalized spacial score (nSPS) is 35.3.